The molecule has 98 valence electrons. The van der Waals surface area contributed by atoms with Crippen LogP contribution in [0.1, 0.15) is 18.4 Å². The largest absolute Gasteiger partial charge is 0.326 e. The zero-order chi connectivity index (χ0) is 13.4. The van der Waals surface area contributed by atoms with Gasteiger partial charge in [0, 0.05) is 22.5 Å². The molecule has 1 heterocycles. The summed E-state index contributed by atoms with van der Waals surface area (Å²) in [6.07, 6.45) is 1.01. The van der Waals surface area contributed by atoms with Crippen LogP contribution in [0.3, 0.4) is 0 Å². The Balaban J connectivity index is 1.78. The average molecular weight is 272 g/mol. The second-order valence-electron chi connectivity index (χ2n) is 5.14. The highest BCUT2D eigenvalue weighted by molar-refractivity contribution is 7.09. The maximum atomic E-state index is 11.9. The minimum Gasteiger partial charge on any atom is -0.326 e. The van der Waals surface area contributed by atoms with Crippen LogP contribution >= 0.6 is 11.3 Å². The molecule has 1 fully saturated rings. The molecule has 1 aromatic carbocycles. The highest BCUT2D eigenvalue weighted by Gasteiger charge is 2.39. The molecule has 1 aliphatic carbocycles. The highest BCUT2D eigenvalue weighted by atomic mass is 32.1. The van der Waals surface area contributed by atoms with Crippen LogP contribution in [0.5, 0.6) is 0 Å². The fraction of sp³-hybridized carbons (Fsp3) is 0.333. The topological polar surface area (TPSA) is 42.0 Å². The number of carbonyl (C=O) groups excluding carboxylic acids is 1. The van der Waals surface area contributed by atoms with Crippen molar-refractivity contribution in [3.05, 3.63) is 34.7 Å². The first-order valence-corrected chi connectivity index (χ1v) is 7.35. The summed E-state index contributed by atoms with van der Waals surface area (Å²) in [7, 11) is 0. The molecule has 19 heavy (non-hydrogen) atoms. The van der Waals surface area contributed by atoms with Crippen LogP contribution in [0.15, 0.2) is 29.6 Å². The monoisotopic (exact) mass is 272 g/mol. The van der Waals surface area contributed by atoms with Gasteiger partial charge in [-0.05, 0) is 31.4 Å². The summed E-state index contributed by atoms with van der Waals surface area (Å²) < 4.78 is 0. The van der Waals surface area contributed by atoms with Crippen molar-refractivity contribution in [2.24, 2.45) is 11.8 Å². The first-order valence-electron chi connectivity index (χ1n) is 6.47. The van der Waals surface area contributed by atoms with E-state index in [2.05, 4.69) is 17.2 Å². The average Bonchev–Trinajstić information content (AvgIpc) is 2.96. The Kier molecular flexibility index (Phi) is 3.11. The Hall–Kier alpha value is -1.68. The van der Waals surface area contributed by atoms with Gasteiger partial charge >= 0.3 is 0 Å². The van der Waals surface area contributed by atoms with Gasteiger partial charge in [0.25, 0.3) is 0 Å². The van der Waals surface area contributed by atoms with Crippen molar-refractivity contribution < 1.29 is 4.79 Å². The number of nitrogens with one attached hydrogen (secondary N) is 1. The van der Waals surface area contributed by atoms with Gasteiger partial charge in [0.2, 0.25) is 5.91 Å². The van der Waals surface area contributed by atoms with Crippen LogP contribution in [0, 0.1) is 18.8 Å². The van der Waals surface area contributed by atoms with Crippen molar-refractivity contribution in [3.63, 3.8) is 0 Å². The molecule has 0 saturated heterocycles. The normalized spacial score (nSPS) is 21.2. The lowest BCUT2D eigenvalue weighted by Gasteiger charge is -2.06. The van der Waals surface area contributed by atoms with Crippen LogP contribution in [0.25, 0.3) is 11.3 Å². The molecular formula is C15H16N2OS. The third-order valence-electron chi connectivity index (χ3n) is 3.49. The lowest BCUT2D eigenvalue weighted by Crippen LogP contribution is -2.14. The molecule has 0 radical (unpaired) electrons. The molecular weight excluding hydrogens is 256 g/mol. The number of carbonyl (C=O) groups is 1. The number of rotatable bonds is 3. The molecule has 1 N–H and O–H groups in total. The molecule has 0 aliphatic heterocycles. The lowest BCUT2D eigenvalue weighted by atomic mass is 10.1. The summed E-state index contributed by atoms with van der Waals surface area (Å²) in [4.78, 5) is 16.4. The predicted molar refractivity (Wildman–Crippen MR) is 78.2 cm³/mol. The minimum atomic E-state index is 0.138. The zero-order valence-electron chi connectivity index (χ0n) is 11.0. The van der Waals surface area contributed by atoms with E-state index in [9.17, 15) is 4.79 Å². The number of aryl methyl sites for hydroxylation is 1. The molecule has 0 bridgehead atoms. The predicted octanol–water partition coefficient (Wildman–Crippen LogP) is 3.71. The van der Waals surface area contributed by atoms with Gasteiger partial charge in [0.05, 0.1) is 10.7 Å². The van der Waals surface area contributed by atoms with Crippen molar-refractivity contribution in [2.45, 2.75) is 20.3 Å². The smallest absolute Gasteiger partial charge is 0.227 e. The van der Waals surface area contributed by atoms with Crippen LogP contribution < -0.4 is 5.32 Å². The van der Waals surface area contributed by atoms with E-state index in [4.69, 9.17) is 0 Å². The Morgan fingerprint density at radius 3 is 2.89 bits per heavy atom. The molecule has 2 unspecified atom stereocenters. The van der Waals surface area contributed by atoms with E-state index in [1.54, 1.807) is 11.3 Å². The SMILES string of the molecule is Cc1nc(-c2cccc(NC(=O)C3CC3C)c2)cs1. The third-order valence-corrected chi connectivity index (χ3v) is 4.26. The number of benzene rings is 1. The molecule has 0 spiro atoms. The van der Waals surface area contributed by atoms with Gasteiger partial charge in [-0.2, -0.15) is 0 Å². The molecule has 4 heteroatoms. The van der Waals surface area contributed by atoms with E-state index in [-0.39, 0.29) is 11.8 Å². The molecule has 3 rings (SSSR count). The van der Waals surface area contributed by atoms with Gasteiger partial charge in [0.15, 0.2) is 0 Å². The summed E-state index contributed by atoms with van der Waals surface area (Å²) >= 11 is 1.64. The Morgan fingerprint density at radius 1 is 1.47 bits per heavy atom. The van der Waals surface area contributed by atoms with Crippen LogP contribution in [-0.2, 0) is 4.79 Å². The van der Waals surface area contributed by atoms with E-state index in [1.807, 2.05) is 36.6 Å². The fourth-order valence-corrected chi connectivity index (χ4v) is 2.80. The molecule has 1 aromatic heterocycles. The maximum absolute atomic E-state index is 11.9. The fourth-order valence-electron chi connectivity index (χ4n) is 2.17. The van der Waals surface area contributed by atoms with Crippen LogP contribution in [-0.4, -0.2) is 10.9 Å². The maximum Gasteiger partial charge on any atom is 0.227 e. The van der Waals surface area contributed by atoms with Crippen molar-refractivity contribution in [1.82, 2.24) is 4.98 Å². The highest BCUT2D eigenvalue weighted by Crippen LogP contribution is 2.38. The first kappa shape index (κ1) is 12.4. The second kappa shape index (κ2) is 4.78. The van der Waals surface area contributed by atoms with Crippen molar-refractivity contribution >= 4 is 22.9 Å². The molecule has 2 atom stereocenters. The summed E-state index contributed by atoms with van der Waals surface area (Å²) in [5, 5.41) is 6.08. The number of thiazole rings is 1. The second-order valence-corrected chi connectivity index (χ2v) is 6.20. The number of anilines is 1. The Morgan fingerprint density at radius 2 is 2.26 bits per heavy atom. The number of hydrogen-bond donors (Lipinski definition) is 1. The number of amides is 1. The number of aromatic nitrogens is 1. The third kappa shape index (κ3) is 2.68. The van der Waals surface area contributed by atoms with Crippen molar-refractivity contribution in [3.8, 4) is 11.3 Å². The molecule has 3 nitrogen and oxygen atoms in total. The standard InChI is InChI=1S/C15H16N2OS/c1-9-6-13(9)15(18)17-12-5-3-4-11(7-12)14-8-19-10(2)16-14/h3-5,7-9,13H,6H2,1-2H3,(H,17,18). The van der Waals surface area contributed by atoms with Crippen molar-refractivity contribution in [1.29, 1.82) is 0 Å². The van der Waals surface area contributed by atoms with E-state index in [0.29, 0.717) is 5.92 Å². The van der Waals surface area contributed by atoms with Gasteiger partial charge in [0.1, 0.15) is 0 Å². The molecule has 1 aliphatic rings. The summed E-state index contributed by atoms with van der Waals surface area (Å²) in [6.45, 7) is 4.10. The van der Waals surface area contributed by atoms with Crippen LogP contribution in [0.4, 0.5) is 5.69 Å². The van der Waals surface area contributed by atoms with Gasteiger partial charge in [-0.3, -0.25) is 4.79 Å². The van der Waals surface area contributed by atoms with Crippen molar-refractivity contribution in [2.75, 3.05) is 5.32 Å². The quantitative estimate of drug-likeness (QED) is 0.925. The zero-order valence-corrected chi connectivity index (χ0v) is 11.8. The van der Waals surface area contributed by atoms with E-state index in [0.717, 1.165) is 28.4 Å². The van der Waals surface area contributed by atoms with E-state index in [1.165, 1.54) is 0 Å². The Bertz CT molecular complexity index is 620. The van der Waals surface area contributed by atoms with Gasteiger partial charge < -0.3 is 5.32 Å². The summed E-state index contributed by atoms with van der Waals surface area (Å²) in [5.74, 6) is 0.869. The van der Waals surface area contributed by atoms with Gasteiger partial charge in [-0.1, -0.05) is 19.1 Å². The number of nitrogens with zero attached hydrogens (tertiary/aromatic N) is 1. The summed E-state index contributed by atoms with van der Waals surface area (Å²) in [6, 6.07) is 7.88. The van der Waals surface area contributed by atoms with E-state index < -0.39 is 0 Å². The Labute approximate surface area is 116 Å². The molecule has 1 saturated carbocycles. The van der Waals surface area contributed by atoms with Gasteiger partial charge in [-0.15, -0.1) is 11.3 Å². The lowest BCUT2D eigenvalue weighted by molar-refractivity contribution is -0.117. The van der Waals surface area contributed by atoms with Crippen LogP contribution in [0.2, 0.25) is 0 Å². The number of hydrogen-bond acceptors (Lipinski definition) is 3. The molecule has 2 aromatic rings. The summed E-state index contributed by atoms with van der Waals surface area (Å²) in [5.41, 5.74) is 2.87. The first-order chi connectivity index (χ1) is 9.13. The van der Waals surface area contributed by atoms with E-state index >= 15 is 0 Å². The minimum absolute atomic E-state index is 0.138. The molecule has 1 amide bonds. The van der Waals surface area contributed by atoms with Gasteiger partial charge in [-0.25, -0.2) is 4.98 Å².